The quantitative estimate of drug-likeness (QED) is 0.761. The molecule has 0 fully saturated rings. The van der Waals surface area contributed by atoms with Crippen molar-refractivity contribution in [3.05, 3.63) is 23.5 Å². The number of aromatic nitrogens is 4. The van der Waals surface area contributed by atoms with Gasteiger partial charge in [0.2, 0.25) is 0 Å². The van der Waals surface area contributed by atoms with Crippen LogP contribution in [0.3, 0.4) is 0 Å². The Morgan fingerprint density at radius 3 is 2.87 bits per heavy atom. The fraction of sp³-hybridized carbons (Fsp3) is 0.222. The summed E-state index contributed by atoms with van der Waals surface area (Å²) in [4.78, 5) is 10.9. The van der Waals surface area contributed by atoms with Crippen LogP contribution >= 0.6 is 0 Å². The van der Waals surface area contributed by atoms with E-state index in [2.05, 4.69) is 15.3 Å². The molecule has 0 aliphatic heterocycles. The molecular weight excluding hydrogens is 196 g/mol. The third-order valence-corrected chi connectivity index (χ3v) is 2.24. The Labute approximate surface area is 85.5 Å². The van der Waals surface area contributed by atoms with Gasteiger partial charge in [0.15, 0.2) is 0 Å². The molecule has 0 aliphatic carbocycles. The minimum absolute atomic E-state index is 0.133. The van der Waals surface area contributed by atoms with Gasteiger partial charge >= 0.3 is 5.97 Å². The van der Waals surface area contributed by atoms with Crippen molar-refractivity contribution < 1.29 is 9.90 Å². The van der Waals surface area contributed by atoms with Gasteiger partial charge in [-0.2, -0.15) is 10.2 Å². The van der Waals surface area contributed by atoms with Gasteiger partial charge in [0.25, 0.3) is 0 Å². The summed E-state index contributed by atoms with van der Waals surface area (Å²) in [6, 6.07) is 1.81. The highest BCUT2D eigenvalue weighted by Crippen LogP contribution is 2.19. The number of hydrogen-bond donors (Lipinski definition) is 2. The molecule has 0 spiro atoms. The Hall–Kier alpha value is -2.11. The molecule has 6 nitrogen and oxygen atoms in total. The second-order valence-electron chi connectivity index (χ2n) is 3.26. The van der Waals surface area contributed by atoms with Crippen LogP contribution in [0.25, 0.3) is 11.4 Å². The minimum Gasteiger partial charge on any atom is -0.478 e. The smallest absolute Gasteiger partial charge is 0.339 e. The van der Waals surface area contributed by atoms with Crippen molar-refractivity contribution in [1.29, 1.82) is 0 Å². The van der Waals surface area contributed by atoms with Gasteiger partial charge in [-0.3, -0.25) is 9.78 Å². The van der Waals surface area contributed by atoms with E-state index in [0.29, 0.717) is 11.4 Å². The number of rotatable bonds is 2. The molecule has 0 bridgehead atoms. The first kappa shape index (κ1) is 9.45. The number of carboxylic acids is 1. The number of aromatic amines is 1. The monoisotopic (exact) mass is 206 g/mol. The minimum atomic E-state index is -1.01. The largest absolute Gasteiger partial charge is 0.478 e. The Bertz CT molecular complexity index is 492. The standard InChI is InChI=1S/C9H10N4O2/c1-5-3-7(12-13(5)2)8-6(9(14)15)4-10-11-8/h3-4H,1-2H3,(H,10,11)(H,14,15). The molecule has 15 heavy (non-hydrogen) atoms. The molecule has 0 unspecified atom stereocenters. The van der Waals surface area contributed by atoms with Crippen LogP contribution in [0.2, 0.25) is 0 Å². The normalized spacial score (nSPS) is 10.5. The van der Waals surface area contributed by atoms with Gasteiger partial charge < -0.3 is 5.11 Å². The lowest BCUT2D eigenvalue weighted by Gasteiger charge is -1.93. The van der Waals surface area contributed by atoms with Gasteiger partial charge in [-0.25, -0.2) is 4.79 Å². The van der Waals surface area contributed by atoms with Crippen LogP contribution in [0.5, 0.6) is 0 Å². The number of carboxylic acid groups (broad SMARTS) is 1. The summed E-state index contributed by atoms with van der Waals surface area (Å²) in [7, 11) is 1.80. The van der Waals surface area contributed by atoms with E-state index < -0.39 is 5.97 Å². The zero-order valence-electron chi connectivity index (χ0n) is 8.35. The average Bonchev–Trinajstić information content (AvgIpc) is 2.73. The third kappa shape index (κ3) is 1.50. The number of nitrogens with one attached hydrogen (secondary N) is 1. The first-order valence-electron chi connectivity index (χ1n) is 4.37. The average molecular weight is 206 g/mol. The van der Waals surface area contributed by atoms with Crippen molar-refractivity contribution in [1.82, 2.24) is 20.0 Å². The number of H-pyrrole nitrogens is 1. The molecule has 0 atom stereocenters. The van der Waals surface area contributed by atoms with Crippen LogP contribution in [-0.2, 0) is 7.05 Å². The van der Waals surface area contributed by atoms with Crippen molar-refractivity contribution >= 4 is 5.97 Å². The van der Waals surface area contributed by atoms with Crippen LogP contribution in [0.4, 0.5) is 0 Å². The van der Waals surface area contributed by atoms with Crippen molar-refractivity contribution in [3.63, 3.8) is 0 Å². The highest BCUT2D eigenvalue weighted by Gasteiger charge is 2.16. The highest BCUT2D eigenvalue weighted by atomic mass is 16.4. The maximum atomic E-state index is 10.9. The van der Waals surface area contributed by atoms with Crippen LogP contribution in [0.15, 0.2) is 12.3 Å². The second kappa shape index (κ2) is 3.23. The molecule has 6 heteroatoms. The van der Waals surface area contributed by atoms with Crippen molar-refractivity contribution in [2.75, 3.05) is 0 Å². The maximum absolute atomic E-state index is 10.9. The van der Waals surface area contributed by atoms with Crippen LogP contribution < -0.4 is 0 Å². The molecule has 2 rings (SSSR count). The molecule has 0 saturated carbocycles. The van der Waals surface area contributed by atoms with E-state index in [0.717, 1.165) is 5.69 Å². The third-order valence-electron chi connectivity index (χ3n) is 2.24. The van der Waals surface area contributed by atoms with Gasteiger partial charge in [0.05, 0.1) is 11.9 Å². The van der Waals surface area contributed by atoms with E-state index in [1.807, 2.05) is 6.92 Å². The molecule has 0 aliphatic rings. The van der Waals surface area contributed by atoms with Crippen LogP contribution in [-0.4, -0.2) is 31.1 Å². The van der Waals surface area contributed by atoms with E-state index in [9.17, 15) is 4.79 Å². The van der Waals surface area contributed by atoms with Crippen LogP contribution in [0.1, 0.15) is 16.1 Å². The molecule has 2 aromatic rings. The molecular formula is C9H10N4O2. The van der Waals surface area contributed by atoms with Crippen molar-refractivity contribution in [3.8, 4) is 11.4 Å². The lowest BCUT2D eigenvalue weighted by Crippen LogP contribution is -1.98. The Balaban J connectivity index is 2.54. The summed E-state index contributed by atoms with van der Waals surface area (Å²) in [6.45, 7) is 1.90. The number of aryl methyl sites for hydroxylation is 2. The summed E-state index contributed by atoms with van der Waals surface area (Å²) >= 11 is 0. The number of nitrogens with zero attached hydrogens (tertiary/aromatic N) is 3. The lowest BCUT2D eigenvalue weighted by atomic mass is 10.2. The summed E-state index contributed by atoms with van der Waals surface area (Å²) in [5.41, 5.74) is 2.11. The Kier molecular flexibility index (Phi) is 2.03. The summed E-state index contributed by atoms with van der Waals surface area (Å²) in [6.07, 6.45) is 1.28. The molecule has 2 aromatic heterocycles. The number of hydrogen-bond acceptors (Lipinski definition) is 3. The van der Waals surface area contributed by atoms with Crippen LogP contribution in [0, 0.1) is 6.92 Å². The van der Waals surface area contributed by atoms with Gasteiger partial charge in [0, 0.05) is 12.7 Å². The summed E-state index contributed by atoms with van der Waals surface area (Å²) < 4.78 is 1.68. The summed E-state index contributed by atoms with van der Waals surface area (Å²) in [5, 5.41) is 19.4. The molecule has 2 heterocycles. The highest BCUT2D eigenvalue weighted by molar-refractivity contribution is 5.93. The topological polar surface area (TPSA) is 83.8 Å². The zero-order chi connectivity index (χ0) is 11.0. The molecule has 0 aromatic carbocycles. The first-order valence-corrected chi connectivity index (χ1v) is 4.37. The van der Waals surface area contributed by atoms with E-state index >= 15 is 0 Å². The molecule has 78 valence electrons. The zero-order valence-corrected chi connectivity index (χ0v) is 8.35. The van der Waals surface area contributed by atoms with Gasteiger partial charge in [-0.1, -0.05) is 0 Å². The number of carbonyl (C=O) groups is 1. The van der Waals surface area contributed by atoms with Gasteiger partial charge in [0.1, 0.15) is 11.3 Å². The van der Waals surface area contributed by atoms with E-state index in [-0.39, 0.29) is 5.56 Å². The SMILES string of the molecule is Cc1cc(-c2[nH]ncc2C(=O)O)nn1C. The van der Waals surface area contributed by atoms with Crippen molar-refractivity contribution in [2.45, 2.75) is 6.92 Å². The second-order valence-corrected chi connectivity index (χ2v) is 3.26. The Morgan fingerprint density at radius 1 is 1.60 bits per heavy atom. The molecule has 0 saturated heterocycles. The molecule has 0 radical (unpaired) electrons. The summed E-state index contributed by atoms with van der Waals surface area (Å²) in [5.74, 6) is -1.01. The van der Waals surface area contributed by atoms with E-state index in [1.54, 1.807) is 17.8 Å². The van der Waals surface area contributed by atoms with E-state index in [1.165, 1.54) is 6.20 Å². The van der Waals surface area contributed by atoms with Crippen molar-refractivity contribution in [2.24, 2.45) is 7.05 Å². The fourth-order valence-corrected chi connectivity index (χ4v) is 1.33. The lowest BCUT2D eigenvalue weighted by molar-refractivity contribution is 0.0698. The number of aromatic carboxylic acids is 1. The molecule has 0 amide bonds. The maximum Gasteiger partial charge on any atom is 0.339 e. The van der Waals surface area contributed by atoms with Gasteiger partial charge in [-0.05, 0) is 13.0 Å². The molecule has 2 N–H and O–H groups in total. The predicted molar refractivity (Wildman–Crippen MR) is 52.5 cm³/mol. The van der Waals surface area contributed by atoms with Gasteiger partial charge in [-0.15, -0.1) is 0 Å². The van der Waals surface area contributed by atoms with E-state index in [4.69, 9.17) is 5.11 Å². The first-order chi connectivity index (χ1) is 7.09. The predicted octanol–water partition coefficient (Wildman–Crippen LogP) is 0.817. The fourth-order valence-electron chi connectivity index (χ4n) is 1.33. The Morgan fingerprint density at radius 2 is 2.33 bits per heavy atom.